The van der Waals surface area contributed by atoms with Gasteiger partial charge in [-0.15, -0.1) is 17.8 Å². The maximum absolute atomic E-state index is 14.1. The van der Waals surface area contributed by atoms with Gasteiger partial charge in [-0.05, 0) is 56.6 Å². The quantitative estimate of drug-likeness (QED) is 0.184. The molecule has 1 aromatic carbocycles. The molecule has 1 aliphatic heterocycles. The van der Waals surface area contributed by atoms with Gasteiger partial charge in [0.05, 0.1) is 24.9 Å². The zero-order valence-corrected chi connectivity index (χ0v) is 32.6. The lowest BCUT2D eigenvalue weighted by Gasteiger charge is -2.26. The van der Waals surface area contributed by atoms with Crippen molar-refractivity contribution in [1.29, 1.82) is 0 Å². The number of allylic oxidation sites excluding steroid dienone is 1. The number of carbonyl (C=O) groups excluding carboxylic acids is 3. The fourth-order valence-electron chi connectivity index (χ4n) is 6.51. The molecule has 6 rings (SSSR count). The Balaban J connectivity index is 1.27. The highest BCUT2D eigenvalue weighted by Gasteiger charge is 2.62. The first-order valence-corrected chi connectivity index (χ1v) is 20.6. The zero-order chi connectivity index (χ0) is 38.1. The summed E-state index contributed by atoms with van der Waals surface area (Å²) in [5.41, 5.74) is 0.495. The van der Waals surface area contributed by atoms with E-state index in [-0.39, 0.29) is 25.4 Å². The number of terminal acetylenes is 1. The third-order valence-electron chi connectivity index (χ3n) is 10.2. The van der Waals surface area contributed by atoms with Gasteiger partial charge in [-0.3, -0.25) is 9.59 Å². The average molecular weight is 782 g/mol. The molecule has 3 aromatic rings. The van der Waals surface area contributed by atoms with Crippen molar-refractivity contribution >= 4 is 61.4 Å². The highest BCUT2D eigenvalue weighted by molar-refractivity contribution is 7.94. The van der Waals surface area contributed by atoms with E-state index in [2.05, 4.69) is 30.4 Å². The highest BCUT2D eigenvalue weighted by Crippen LogP contribution is 2.48. The first kappa shape index (κ1) is 38.5. The molecule has 2 saturated carbocycles. The van der Waals surface area contributed by atoms with Gasteiger partial charge < -0.3 is 25.0 Å². The van der Waals surface area contributed by atoms with Crippen molar-refractivity contribution in [2.45, 2.75) is 81.0 Å². The number of hydrogen-bond acceptors (Lipinski definition) is 10. The van der Waals surface area contributed by atoms with Gasteiger partial charge in [-0.25, -0.2) is 23.2 Å². The molecule has 0 bridgehead atoms. The number of aromatic nitrogens is 2. The fourth-order valence-corrected chi connectivity index (χ4v) is 9.52. The van der Waals surface area contributed by atoms with E-state index in [9.17, 15) is 22.8 Å². The van der Waals surface area contributed by atoms with Crippen LogP contribution in [0.2, 0.25) is 5.02 Å². The van der Waals surface area contributed by atoms with Crippen molar-refractivity contribution in [1.82, 2.24) is 25.5 Å². The Morgan fingerprint density at radius 2 is 1.98 bits per heavy atom. The second kappa shape index (κ2) is 15.3. The smallest absolute Gasteiger partial charge is 0.317 e. The predicted octanol–water partition coefficient (Wildman–Crippen LogP) is 5.69. The summed E-state index contributed by atoms with van der Waals surface area (Å²) in [7, 11) is -0.776. The van der Waals surface area contributed by atoms with Crippen molar-refractivity contribution < 1.29 is 32.3 Å². The molecular weight excluding hydrogens is 738 g/mol. The van der Waals surface area contributed by atoms with Gasteiger partial charge >= 0.3 is 6.03 Å². The molecule has 3 atom stereocenters. The number of rotatable bonds is 11. The van der Waals surface area contributed by atoms with Gasteiger partial charge in [0.1, 0.15) is 49.3 Å². The number of fused-ring (bicyclic) bond motifs is 2. The molecule has 2 aromatic heterocycles. The summed E-state index contributed by atoms with van der Waals surface area (Å²) in [5, 5.41) is 9.26. The maximum Gasteiger partial charge on any atom is 0.317 e. The molecule has 53 heavy (non-hydrogen) atoms. The Morgan fingerprint density at radius 1 is 1.21 bits per heavy atom. The number of methoxy groups -OCH3 is 1. The number of amides is 3. The Hall–Kier alpha value is -4.19. The minimum atomic E-state index is -3.95. The van der Waals surface area contributed by atoms with Gasteiger partial charge in [0, 0.05) is 42.8 Å². The molecule has 2 aliphatic carbocycles. The number of pyridine rings is 1. The number of ketones is 1. The van der Waals surface area contributed by atoms with Crippen LogP contribution in [0.25, 0.3) is 21.6 Å². The number of benzene rings is 1. The van der Waals surface area contributed by atoms with Crippen LogP contribution in [0.5, 0.6) is 11.5 Å². The van der Waals surface area contributed by atoms with Crippen LogP contribution in [0.1, 0.15) is 70.4 Å². The molecule has 3 unspecified atom stereocenters. The van der Waals surface area contributed by atoms with Crippen LogP contribution in [0, 0.1) is 18.3 Å². The van der Waals surface area contributed by atoms with Gasteiger partial charge in [0.15, 0.2) is 15.6 Å². The lowest BCUT2D eigenvalue weighted by molar-refractivity contribution is -0.129. The molecule has 12 nitrogen and oxygen atoms in total. The second-order valence-electron chi connectivity index (χ2n) is 14.3. The third-order valence-corrected chi connectivity index (χ3v) is 13.9. The first-order valence-electron chi connectivity index (χ1n) is 17.7. The predicted molar refractivity (Wildman–Crippen MR) is 205 cm³/mol. The maximum atomic E-state index is 14.1. The number of halogens is 1. The number of nitrogens with one attached hydrogen (secondary N) is 2. The number of thiazole rings is 1. The van der Waals surface area contributed by atoms with E-state index in [1.165, 1.54) is 23.3 Å². The second-order valence-corrected chi connectivity index (χ2v) is 17.8. The number of urea groups is 1. The van der Waals surface area contributed by atoms with E-state index in [4.69, 9.17) is 37.5 Å². The summed E-state index contributed by atoms with van der Waals surface area (Å²) in [5.74, 6) is 1.07. The average Bonchev–Trinajstić information content (AvgIpc) is 4.02. The number of carbonyl (C=O) groups is 3. The normalized spacial score (nSPS) is 23.6. The number of ether oxygens (including phenoxy) is 2. The SMILES string of the molecule is C#CC1(S(=O)(=O)CC(=O)C23CC2/C=C\CCCCN(C)C(=O)NC(CCOc2cc(-c4nc(C(C)C)cs4)nc4c(Cl)c(OC)ccc24)C(=O)N3)CC1. The van der Waals surface area contributed by atoms with Crippen molar-refractivity contribution in [3.8, 4) is 34.5 Å². The summed E-state index contributed by atoms with van der Waals surface area (Å²) < 4.78 is 36.9. The standard InChI is InChI=1S/C38H44ClN5O7S2/c1-6-37(15-16-37)53(48,49)22-31(45)38-20-24(38)11-9-7-8-10-17-44(4)36(47)42-26(34(46)43-38)14-18-51-30-19-27(35-41-28(21-52-35)23(2)3)40-33-25(30)12-13-29(50-5)32(33)39/h1,9,11-13,19,21,23-24,26H,7-8,10,14-18,20,22H2,2-5H3,(H,42,47)(H,43,46)/b11-9-. The molecule has 2 fully saturated rings. The van der Waals surface area contributed by atoms with Crippen LogP contribution >= 0.6 is 22.9 Å². The van der Waals surface area contributed by atoms with Gasteiger partial charge in [0.2, 0.25) is 5.91 Å². The van der Waals surface area contributed by atoms with E-state index in [0.717, 1.165) is 18.5 Å². The number of sulfone groups is 1. The van der Waals surface area contributed by atoms with Crippen LogP contribution in [0.15, 0.2) is 35.7 Å². The Morgan fingerprint density at radius 3 is 2.66 bits per heavy atom. The molecule has 3 heterocycles. The van der Waals surface area contributed by atoms with E-state index >= 15 is 0 Å². The minimum absolute atomic E-state index is 0.0203. The lowest BCUT2D eigenvalue weighted by Crippen LogP contribution is -2.56. The largest absolute Gasteiger partial charge is 0.495 e. The zero-order valence-electron chi connectivity index (χ0n) is 30.2. The van der Waals surface area contributed by atoms with Crippen LogP contribution in [-0.2, 0) is 19.4 Å². The molecule has 2 N–H and O–H groups in total. The Labute approximate surface area is 319 Å². The van der Waals surface area contributed by atoms with Crippen LogP contribution in [-0.4, -0.2) is 90.4 Å². The van der Waals surface area contributed by atoms with Crippen molar-refractivity contribution in [2.75, 3.05) is 33.1 Å². The molecule has 3 aliphatic rings. The molecule has 0 radical (unpaired) electrons. The molecular formula is C38H44ClN5O7S2. The number of nitrogens with zero attached hydrogens (tertiary/aromatic N) is 3. The Bertz CT molecular complexity index is 2110. The monoisotopic (exact) mass is 781 g/mol. The minimum Gasteiger partial charge on any atom is -0.495 e. The molecule has 0 saturated heterocycles. The first-order chi connectivity index (χ1) is 25.2. The molecule has 0 spiro atoms. The number of Topliss-reactive ketones (excluding diaryl/α,β-unsaturated/α-hetero) is 1. The van der Waals surface area contributed by atoms with Crippen molar-refractivity contribution in [3.63, 3.8) is 0 Å². The topological polar surface area (TPSA) is 157 Å². The van der Waals surface area contributed by atoms with E-state index in [1.54, 1.807) is 25.2 Å². The van der Waals surface area contributed by atoms with Crippen molar-refractivity contribution in [2.24, 2.45) is 5.92 Å². The van der Waals surface area contributed by atoms with Gasteiger partial charge in [-0.1, -0.05) is 43.5 Å². The van der Waals surface area contributed by atoms with E-state index < -0.39 is 55.6 Å². The highest BCUT2D eigenvalue weighted by atomic mass is 35.5. The summed E-state index contributed by atoms with van der Waals surface area (Å²) >= 11 is 8.18. The molecule has 282 valence electrons. The molecule has 15 heteroatoms. The third kappa shape index (κ3) is 7.88. The summed E-state index contributed by atoms with van der Waals surface area (Å²) in [6.07, 6.45) is 12.5. The molecule has 3 amide bonds. The fraction of sp³-hybridized carbons (Fsp3) is 0.500. The van der Waals surface area contributed by atoms with Crippen molar-refractivity contribution in [3.05, 3.63) is 46.4 Å². The van der Waals surface area contributed by atoms with E-state index in [0.29, 0.717) is 63.9 Å². The van der Waals surface area contributed by atoms with Crippen LogP contribution in [0.3, 0.4) is 0 Å². The van der Waals surface area contributed by atoms with Gasteiger partial charge in [0.25, 0.3) is 0 Å². The Kier molecular flexibility index (Phi) is 11.1. The van der Waals surface area contributed by atoms with Crippen LogP contribution in [0.4, 0.5) is 4.79 Å². The summed E-state index contributed by atoms with van der Waals surface area (Å²) in [6, 6.07) is 3.69. The van der Waals surface area contributed by atoms with E-state index in [1.807, 2.05) is 17.5 Å². The lowest BCUT2D eigenvalue weighted by atomic mass is 10.1. The number of hydrogen-bond donors (Lipinski definition) is 2. The summed E-state index contributed by atoms with van der Waals surface area (Å²) in [6.45, 7) is 4.58. The van der Waals surface area contributed by atoms with Gasteiger partial charge in [-0.2, -0.15) is 0 Å². The summed E-state index contributed by atoms with van der Waals surface area (Å²) in [4.78, 5) is 52.3. The van der Waals surface area contributed by atoms with Crippen LogP contribution < -0.4 is 20.1 Å².